The molecule has 0 saturated carbocycles. The van der Waals surface area contributed by atoms with Crippen molar-refractivity contribution in [3.8, 4) is 6.07 Å². The second kappa shape index (κ2) is 5.32. The lowest BCUT2D eigenvalue weighted by Crippen LogP contribution is -2.45. The van der Waals surface area contributed by atoms with Crippen LogP contribution in [0.3, 0.4) is 0 Å². The van der Waals surface area contributed by atoms with Crippen LogP contribution in [0.15, 0.2) is 0 Å². The largest absolute Gasteiger partial charge is 0.465 e. The van der Waals surface area contributed by atoms with Crippen LogP contribution in [0.5, 0.6) is 0 Å². The fourth-order valence-corrected chi connectivity index (χ4v) is 1.78. The number of carboxylic acid groups (broad SMARTS) is 1. The van der Waals surface area contributed by atoms with Crippen molar-refractivity contribution in [1.29, 1.82) is 5.26 Å². The maximum atomic E-state index is 10.4. The molecule has 16 heavy (non-hydrogen) atoms. The Labute approximate surface area is 97.5 Å². The molecule has 92 valence electrons. The quantitative estimate of drug-likeness (QED) is 0.742. The Morgan fingerprint density at radius 1 is 1.56 bits per heavy atom. The Morgan fingerprint density at radius 3 is 2.38 bits per heavy atom. The zero-order valence-corrected chi connectivity index (χ0v) is 11.5. The number of nitrogens with zero attached hydrogens (tertiary/aromatic N) is 1. The summed E-state index contributed by atoms with van der Waals surface area (Å²) in [5, 5.41) is 19.4. The van der Waals surface area contributed by atoms with Gasteiger partial charge < -0.3 is 14.8 Å². The van der Waals surface area contributed by atoms with Crippen molar-refractivity contribution in [2.45, 2.75) is 44.9 Å². The molecule has 1 amide bonds. The maximum absolute atomic E-state index is 10.4. The van der Waals surface area contributed by atoms with Gasteiger partial charge in [-0.05, 0) is 18.1 Å². The molecule has 0 aromatic heterocycles. The molecule has 0 heterocycles. The van der Waals surface area contributed by atoms with Crippen LogP contribution in [-0.2, 0) is 4.43 Å². The number of rotatable bonds is 4. The summed E-state index contributed by atoms with van der Waals surface area (Å²) in [5.74, 6) is 0. The third-order valence-corrected chi connectivity index (χ3v) is 7.37. The van der Waals surface area contributed by atoms with Crippen LogP contribution in [0.25, 0.3) is 0 Å². The first-order valence-electron chi connectivity index (χ1n) is 5.13. The summed E-state index contributed by atoms with van der Waals surface area (Å²) in [6.45, 7) is 10.5. The minimum absolute atomic E-state index is 0.0518. The first-order valence-corrected chi connectivity index (χ1v) is 8.04. The Kier molecular flexibility index (Phi) is 4.97. The highest BCUT2D eigenvalue weighted by molar-refractivity contribution is 6.74. The molecule has 0 radical (unpaired) electrons. The van der Waals surface area contributed by atoms with Gasteiger partial charge in [0.05, 0.1) is 12.7 Å². The van der Waals surface area contributed by atoms with Gasteiger partial charge in [0.2, 0.25) is 0 Å². The Hall–Kier alpha value is -1.06. The van der Waals surface area contributed by atoms with E-state index in [9.17, 15) is 4.79 Å². The molecule has 0 aromatic carbocycles. The molecule has 0 bridgehead atoms. The number of amides is 1. The van der Waals surface area contributed by atoms with Gasteiger partial charge in [0, 0.05) is 0 Å². The SMILES string of the molecule is CC(C)(C)[Si](C)(C)OCC(C#N)NC(=O)O. The van der Waals surface area contributed by atoms with E-state index in [-0.39, 0.29) is 11.6 Å². The number of nitriles is 1. The van der Waals surface area contributed by atoms with Gasteiger partial charge in [-0.1, -0.05) is 20.8 Å². The molecule has 5 nitrogen and oxygen atoms in total. The molecule has 2 N–H and O–H groups in total. The van der Waals surface area contributed by atoms with E-state index in [1.807, 2.05) is 6.07 Å². The highest BCUT2D eigenvalue weighted by atomic mass is 28.4. The van der Waals surface area contributed by atoms with E-state index in [4.69, 9.17) is 14.8 Å². The lowest BCUT2D eigenvalue weighted by atomic mass is 10.2. The average molecular weight is 244 g/mol. The van der Waals surface area contributed by atoms with E-state index in [1.54, 1.807) is 0 Å². The first kappa shape index (κ1) is 14.9. The van der Waals surface area contributed by atoms with Crippen LogP contribution in [0.2, 0.25) is 18.1 Å². The van der Waals surface area contributed by atoms with E-state index >= 15 is 0 Å². The van der Waals surface area contributed by atoms with Crippen molar-refractivity contribution in [2.75, 3.05) is 6.61 Å². The van der Waals surface area contributed by atoms with Gasteiger partial charge in [-0.3, -0.25) is 0 Å². The van der Waals surface area contributed by atoms with Gasteiger partial charge in [0.1, 0.15) is 6.04 Å². The van der Waals surface area contributed by atoms with Crippen molar-refractivity contribution in [2.24, 2.45) is 0 Å². The number of hydrogen-bond acceptors (Lipinski definition) is 3. The minimum atomic E-state index is -1.92. The third-order valence-electron chi connectivity index (χ3n) is 2.87. The molecule has 0 fully saturated rings. The van der Waals surface area contributed by atoms with Gasteiger partial charge in [-0.25, -0.2) is 4.79 Å². The van der Waals surface area contributed by atoms with E-state index in [2.05, 4.69) is 39.2 Å². The summed E-state index contributed by atoms with van der Waals surface area (Å²) in [7, 11) is -1.92. The van der Waals surface area contributed by atoms with E-state index in [0.717, 1.165) is 0 Å². The smallest absolute Gasteiger partial charge is 0.405 e. The minimum Gasteiger partial charge on any atom is -0.465 e. The molecule has 0 aliphatic heterocycles. The van der Waals surface area contributed by atoms with Crippen LogP contribution in [0.1, 0.15) is 20.8 Å². The van der Waals surface area contributed by atoms with Crippen LogP contribution in [0, 0.1) is 11.3 Å². The van der Waals surface area contributed by atoms with E-state index in [0.29, 0.717) is 0 Å². The zero-order chi connectivity index (χ0) is 13.0. The Morgan fingerprint density at radius 2 is 2.06 bits per heavy atom. The molecule has 0 aliphatic carbocycles. The maximum Gasteiger partial charge on any atom is 0.405 e. The fraction of sp³-hybridized carbons (Fsp3) is 0.800. The summed E-state index contributed by atoms with van der Waals surface area (Å²) in [4.78, 5) is 10.4. The molecule has 0 saturated heterocycles. The average Bonchev–Trinajstić information content (AvgIpc) is 2.09. The van der Waals surface area contributed by atoms with Crippen LogP contribution in [-0.4, -0.2) is 32.2 Å². The van der Waals surface area contributed by atoms with Gasteiger partial charge in [0.15, 0.2) is 8.32 Å². The van der Waals surface area contributed by atoms with Gasteiger partial charge in [-0.15, -0.1) is 0 Å². The van der Waals surface area contributed by atoms with Crippen LogP contribution < -0.4 is 5.32 Å². The summed E-state index contributed by atoms with van der Waals surface area (Å²) in [5.41, 5.74) is 0. The number of hydrogen-bond donors (Lipinski definition) is 2. The molecule has 0 aliphatic rings. The van der Waals surface area contributed by atoms with E-state index in [1.165, 1.54) is 0 Å². The summed E-state index contributed by atoms with van der Waals surface area (Å²) < 4.78 is 5.74. The third kappa shape index (κ3) is 4.64. The summed E-state index contributed by atoms with van der Waals surface area (Å²) >= 11 is 0. The molecule has 1 atom stereocenters. The molecule has 1 unspecified atom stereocenters. The van der Waals surface area contributed by atoms with Crippen molar-refractivity contribution < 1.29 is 14.3 Å². The molecule has 0 rings (SSSR count). The highest BCUT2D eigenvalue weighted by Crippen LogP contribution is 2.36. The second-order valence-electron chi connectivity index (χ2n) is 5.20. The summed E-state index contributed by atoms with van der Waals surface area (Å²) in [6.07, 6.45) is -1.20. The molecule has 6 heteroatoms. The fourth-order valence-electron chi connectivity index (χ4n) is 0.768. The van der Waals surface area contributed by atoms with Gasteiger partial charge >= 0.3 is 6.09 Å². The topological polar surface area (TPSA) is 82.3 Å². The van der Waals surface area contributed by atoms with Crippen molar-refractivity contribution in [1.82, 2.24) is 5.32 Å². The number of nitrogens with one attached hydrogen (secondary N) is 1. The van der Waals surface area contributed by atoms with Crippen molar-refractivity contribution in [3.63, 3.8) is 0 Å². The van der Waals surface area contributed by atoms with Gasteiger partial charge in [-0.2, -0.15) is 5.26 Å². The normalized spacial score (nSPS) is 14.0. The molecule has 0 aromatic rings. The second-order valence-corrected chi connectivity index (χ2v) is 10.0. The predicted octanol–water partition coefficient (Wildman–Crippen LogP) is 2.17. The lowest BCUT2D eigenvalue weighted by Gasteiger charge is -2.36. The highest BCUT2D eigenvalue weighted by Gasteiger charge is 2.37. The molecule has 0 spiro atoms. The van der Waals surface area contributed by atoms with Crippen LogP contribution >= 0.6 is 0 Å². The van der Waals surface area contributed by atoms with Crippen LogP contribution in [0.4, 0.5) is 4.79 Å². The monoisotopic (exact) mass is 244 g/mol. The predicted molar refractivity (Wildman–Crippen MR) is 63.7 cm³/mol. The lowest BCUT2D eigenvalue weighted by molar-refractivity contribution is 0.185. The van der Waals surface area contributed by atoms with Gasteiger partial charge in [0.25, 0.3) is 0 Å². The van der Waals surface area contributed by atoms with E-state index < -0.39 is 20.5 Å². The molecular formula is C10H20N2O3Si. The Balaban J connectivity index is 4.33. The summed E-state index contributed by atoms with van der Waals surface area (Å²) in [6, 6.07) is 1.06. The standard InChI is InChI=1S/C10H20N2O3Si/c1-10(2,3)16(4,5)15-7-8(6-11)12-9(13)14/h8,12H,7H2,1-5H3,(H,13,14). The van der Waals surface area contributed by atoms with Crippen molar-refractivity contribution in [3.05, 3.63) is 0 Å². The molecular weight excluding hydrogens is 224 g/mol. The van der Waals surface area contributed by atoms with Crippen molar-refractivity contribution >= 4 is 14.4 Å². The first-order chi connectivity index (χ1) is 7.10. The Bertz CT molecular complexity index is 291. The zero-order valence-electron chi connectivity index (χ0n) is 10.5. The number of carbonyl (C=O) groups is 1.